The minimum Gasteiger partial charge on any atom is -0.467 e. The molecule has 11 heteroatoms. The number of ether oxygens (including phenoxy) is 1. The molecule has 30 heavy (non-hydrogen) atoms. The van der Waals surface area contributed by atoms with Crippen LogP contribution in [0.5, 0.6) is 5.88 Å². The number of thiazole rings is 1. The monoisotopic (exact) mass is 456 g/mol. The van der Waals surface area contributed by atoms with Gasteiger partial charge < -0.3 is 10.1 Å². The maximum absolute atomic E-state index is 12.2. The zero-order valence-electron chi connectivity index (χ0n) is 15.4. The first-order chi connectivity index (χ1) is 14.3. The number of rotatable bonds is 8. The summed E-state index contributed by atoms with van der Waals surface area (Å²) in [7, 11) is 0. The summed E-state index contributed by atoms with van der Waals surface area (Å²) in [6, 6.07) is 4.99. The van der Waals surface area contributed by atoms with Gasteiger partial charge in [-0.05, 0) is 24.6 Å². The summed E-state index contributed by atoms with van der Waals surface area (Å²) in [6.45, 7) is -1.11. The van der Waals surface area contributed by atoms with Crippen LogP contribution in [0.3, 0.4) is 0 Å². The first-order valence-electron chi connectivity index (χ1n) is 8.80. The van der Waals surface area contributed by atoms with Crippen LogP contribution in [-0.2, 0) is 6.42 Å². The topological polar surface area (TPSA) is 77.0 Å². The van der Waals surface area contributed by atoms with Crippen LogP contribution < -0.4 is 10.1 Å². The Bertz CT molecular complexity index is 999. The van der Waals surface area contributed by atoms with Crippen LogP contribution in [-0.4, -0.2) is 40.2 Å². The highest BCUT2D eigenvalue weighted by Crippen LogP contribution is 2.25. The number of halogens is 4. The minimum atomic E-state index is -4.50. The summed E-state index contributed by atoms with van der Waals surface area (Å²) in [5, 5.41) is 5.48. The quantitative estimate of drug-likeness (QED) is 0.503. The number of aryl methyl sites for hydroxylation is 1. The zero-order valence-corrected chi connectivity index (χ0v) is 17.0. The summed E-state index contributed by atoms with van der Waals surface area (Å²) >= 11 is 7.39. The van der Waals surface area contributed by atoms with Crippen molar-refractivity contribution in [1.82, 2.24) is 20.3 Å². The summed E-state index contributed by atoms with van der Waals surface area (Å²) in [4.78, 5) is 24.4. The molecule has 0 radical (unpaired) electrons. The Morgan fingerprint density at radius 1 is 1.27 bits per heavy atom. The average Bonchev–Trinajstić information content (AvgIpc) is 3.19. The molecule has 0 saturated carbocycles. The molecular weight excluding hydrogens is 441 g/mol. The number of hydrogen-bond acceptors (Lipinski definition) is 6. The summed E-state index contributed by atoms with van der Waals surface area (Å²) in [5.74, 6) is -0.803. The fourth-order valence-corrected chi connectivity index (χ4v) is 3.50. The van der Waals surface area contributed by atoms with Crippen LogP contribution in [0.4, 0.5) is 13.2 Å². The highest BCUT2D eigenvalue weighted by atomic mass is 35.5. The standard InChI is InChI=1S/C19H16ClF3N4O2S/c20-14-8-13(9-26-18(14)29-11-19(21,22)23)17(28)25-5-1-2-16-27-15(10-30-16)12-3-6-24-7-4-12/h3-4,6-10H,1-2,5,11H2,(H,25,28). The molecule has 0 aliphatic rings. The maximum atomic E-state index is 12.2. The SMILES string of the molecule is O=C(NCCCc1nc(-c2ccncc2)cs1)c1cnc(OCC(F)(F)F)c(Cl)c1. The molecular formula is C19H16ClF3N4O2S. The predicted molar refractivity (Wildman–Crippen MR) is 107 cm³/mol. The smallest absolute Gasteiger partial charge is 0.422 e. The number of alkyl halides is 3. The Kier molecular flexibility index (Phi) is 7.22. The molecule has 0 saturated heterocycles. The fraction of sp³-hybridized carbons (Fsp3) is 0.263. The van der Waals surface area contributed by atoms with E-state index in [0.29, 0.717) is 19.4 Å². The van der Waals surface area contributed by atoms with Crippen molar-refractivity contribution < 1.29 is 22.7 Å². The van der Waals surface area contributed by atoms with Crippen LogP contribution in [0.15, 0.2) is 42.2 Å². The molecule has 0 spiro atoms. The van der Waals surface area contributed by atoms with E-state index in [1.54, 1.807) is 23.7 Å². The van der Waals surface area contributed by atoms with E-state index in [1.165, 1.54) is 6.07 Å². The van der Waals surface area contributed by atoms with Gasteiger partial charge >= 0.3 is 6.18 Å². The highest BCUT2D eigenvalue weighted by molar-refractivity contribution is 7.09. The number of carbonyl (C=O) groups is 1. The molecule has 0 unspecified atom stereocenters. The van der Waals surface area contributed by atoms with E-state index in [4.69, 9.17) is 11.6 Å². The van der Waals surface area contributed by atoms with Gasteiger partial charge in [0.05, 0.1) is 16.3 Å². The summed E-state index contributed by atoms with van der Waals surface area (Å²) in [5.41, 5.74) is 2.01. The second-order valence-corrected chi connectivity index (χ2v) is 7.49. The molecule has 3 aromatic heterocycles. The number of carbonyl (C=O) groups excluding carboxylic acids is 1. The Morgan fingerprint density at radius 3 is 2.73 bits per heavy atom. The van der Waals surface area contributed by atoms with E-state index in [-0.39, 0.29) is 16.5 Å². The predicted octanol–water partition coefficient (Wildman–Crippen LogP) is 4.56. The van der Waals surface area contributed by atoms with E-state index in [1.807, 2.05) is 17.5 Å². The van der Waals surface area contributed by atoms with Crippen molar-refractivity contribution in [2.24, 2.45) is 0 Å². The molecule has 0 aliphatic carbocycles. The van der Waals surface area contributed by atoms with Gasteiger partial charge in [-0.25, -0.2) is 9.97 Å². The Balaban J connectivity index is 1.46. The van der Waals surface area contributed by atoms with Crippen molar-refractivity contribution in [1.29, 1.82) is 0 Å². The van der Waals surface area contributed by atoms with Gasteiger partial charge in [0.1, 0.15) is 5.02 Å². The minimum absolute atomic E-state index is 0.133. The lowest BCUT2D eigenvalue weighted by molar-refractivity contribution is -0.154. The number of aromatic nitrogens is 3. The van der Waals surface area contributed by atoms with Crippen molar-refractivity contribution in [3.05, 3.63) is 57.8 Å². The van der Waals surface area contributed by atoms with E-state index in [9.17, 15) is 18.0 Å². The van der Waals surface area contributed by atoms with Gasteiger partial charge in [0, 0.05) is 42.5 Å². The number of nitrogens with zero attached hydrogens (tertiary/aromatic N) is 3. The maximum Gasteiger partial charge on any atom is 0.422 e. The van der Waals surface area contributed by atoms with Gasteiger partial charge in [-0.1, -0.05) is 11.6 Å². The number of pyridine rings is 2. The molecule has 3 aromatic rings. The van der Waals surface area contributed by atoms with Crippen LogP contribution in [0.2, 0.25) is 5.02 Å². The molecule has 1 amide bonds. The first kappa shape index (κ1) is 22.0. The third kappa shape index (κ3) is 6.39. The average molecular weight is 457 g/mol. The first-order valence-corrected chi connectivity index (χ1v) is 10.1. The third-order valence-electron chi connectivity index (χ3n) is 3.82. The lowest BCUT2D eigenvalue weighted by Gasteiger charge is -2.10. The second kappa shape index (κ2) is 9.86. The van der Waals surface area contributed by atoms with Crippen molar-refractivity contribution in [3.8, 4) is 17.1 Å². The lowest BCUT2D eigenvalue weighted by Crippen LogP contribution is -2.25. The zero-order chi connectivity index (χ0) is 21.6. The molecule has 0 atom stereocenters. The molecule has 0 bridgehead atoms. The molecule has 1 N–H and O–H groups in total. The fourth-order valence-electron chi connectivity index (χ4n) is 2.43. The number of amides is 1. The molecule has 3 rings (SSSR count). The third-order valence-corrected chi connectivity index (χ3v) is 5.00. The molecule has 158 valence electrons. The van der Waals surface area contributed by atoms with Gasteiger partial charge in [0.2, 0.25) is 5.88 Å². The van der Waals surface area contributed by atoms with Gasteiger partial charge in [0.15, 0.2) is 6.61 Å². The highest BCUT2D eigenvalue weighted by Gasteiger charge is 2.29. The van der Waals surface area contributed by atoms with Crippen LogP contribution >= 0.6 is 22.9 Å². The summed E-state index contributed by atoms with van der Waals surface area (Å²) < 4.78 is 41.1. The largest absolute Gasteiger partial charge is 0.467 e. The summed E-state index contributed by atoms with van der Waals surface area (Å²) in [6.07, 6.45) is 1.40. The number of nitrogens with one attached hydrogen (secondary N) is 1. The second-order valence-electron chi connectivity index (χ2n) is 6.14. The van der Waals surface area contributed by atoms with Gasteiger partial charge in [0.25, 0.3) is 5.91 Å². The molecule has 0 aromatic carbocycles. The molecule has 0 fully saturated rings. The van der Waals surface area contributed by atoms with Gasteiger partial charge in [-0.15, -0.1) is 11.3 Å². The van der Waals surface area contributed by atoms with Crippen LogP contribution in [0.1, 0.15) is 21.8 Å². The van der Waals surface area contributed by atoms with Gasteiger partial charge in [-0.3, -0.25) is 9.78 Å². The molecule has 0 aliphatic heterocycles. The van der Waals surface area contributed by atoms with Crippen molar-refractivity contribution >= 4 is 28.8 Å². The Labute approximate surface area is 179 Å². The van der Waals surface area contributed by atoms with Crippen LogP contribution in [0, 0.1) is 0 Å². The van der Waals surface area contributed by atoms with Crippen LogP contribution in [0.25, 0.3) is 11.3 Å². The lowest BCUT2D eigenvalue weighted by atomic mass is 10.2. The van der Waals surface area contributed by atoms with E-state index >= 15 is 0 Å². The van der Waals surface area contributed by atoms with E-state index in [2.05, 4.69) is 25.0 Å². The number of hydrogen-bond donors (Lipinski definition) is 1. The van der Waals surface area contributed by atoms with Crippen molar-refractivity contribution in [3.63, 3.8) is 0 Å². The normalized spacial score (nSPS) is 11.3. The molecule has 6 nitrogen and oxygen atoms in total. The van der Waals surface area contributed by atoms with Crippen molar-refractivity contribution in [2.45, 2.75) is 19.0 Å². The van der Waals surface area contributed by atoms with Gasteiger partial charge in [-0.2, -0.15) is 13.2 Å². The Morgan fingerprint density at radius 2 is 2.03 bits per heavy atom. The molecule has 3 heterocycles. The van der Waals surface area contributed by atoms with Crippen molar-refractivity contribution in [2.75, 3.05) is 13.2 Å². The van der Waals surface area contributed by atoms with E-state index < -0.39 is 18.7 Å². The van der Waals surface area contributed by atoms with E-state index in [0.717, 1.165) is 22.5 Å². The Hall–Kier alpha value is -2.72.